The maximum Gasteiger partial charge on any atom is 0.253 e. The van der Waals surface area contributed by atoms with Gasteiger partial charge in [0.15, 0.2) is 0 Å². The van der Waals surface area contributed by atoms with E-state index in [9.17, 15) is 4.79 Å². The van der Waals surface area contributed by atoms with Crippen molar-refractivity contribution in [2.24, 2.45) is 0 Å². The lowest BCUT2D eigenvalue weighted by Crippen LogP contribution is -2.21. The van der Waals surface area contributed by atoms with Gasteiger partial charge in [0, 0.05) is 25.2 Å². The summed E-state index contributed by atoms with van der Waals surface area (Å²) in [6.07, 6.45) is 2.00. The molecule has 2 aromatic rings. The largest absolute Gasteiger partial charge is 0.457 e. The van der Waals surface area contributed by atoms with E-state index in [1.54, 1.807) is 31.1 Å². The van der Waals surface area contributed by atoms with Crippen LogP contribution < -0.4 is 4.74 Å². The molecule has 1 amide bonds. The number of fused-ring (bicyclic) bond motifs is 1. The third-order valence-electron chi connectivity index (χ3n) is 4.38. The maximum absolute atomic E-state index is 12.2. The van der Waals surface area contributed by atoms with E-state index in [0.717, 1.165) is 18.6 Å². The average molecular weight is 353 g/mol. The van der Waals surface area contributed by atoms with Crippen LogP contribution in [0.25, 0.3) is 0 Å². The standard InChI is InChI=1S/C22H27NO3/c1-22(2,3)26-20-13-12-18-17(20)10-7-11-19(18)25-16-9-6-8-15(14-16)21(24)23(4)5/h6-11,14,20H,12-13H2,1-5H3/t20-/m1/s1. The van der Waals surface area contributed by atoms with Crippen LogP contribution in [0.1, 0.15) is 54.8 Å². The van der Waals surface area contributed by atoms with Gasteiger partial charge in [0.25, 0.3) is 5.91 Å². The minimum Gasteiger partial charge on any atom is -0.457 e. The van der Waals surface area contributed by atoms with Gasteiger partial charge in [-0.25, -0.2) is 0 Å². The zero-order chi connectivity index (χ0) is 18.9. The van der Waals surface area contributed by atoms with Gasteiger partial charge in [0.2, 0.25) is 0 Å². The van der Waals surface area contributed by atoms with Crippen molar-refractivity contribution in [2.45, 2.75) is 45.3 Å². The first-order valence-electron chi connectivity index (χ1n) is 9.04. The van der Waals surface area contributed by atoms with Crippen molar-refractivity contribution in [1.82, 2.24) is 4.90 Å². The predicted molar refractivity (Wildman–Crippen MR) is 103 cm³/mol. The first-order valence-corrected chi connectivity index (χ1v) is 9.04. The molecular formula is C22H27NO3. The van der Waals surface area contributed by atoms with Crippen LogP contribution in [0.3, 0.4) is 0 Å². The molecule has 0 saturated heterocycles. The summed E-state index contributed by atoms with van der Waals surface area (Å²) >= 11 is 0. The second-order valence-electron chi connectivity index (χ2n) is 7.91. The fourth-order valence-electron chi connectivity index (χ4n) is 3.31. The van der Waals surface area contributed by atoms with E-state index in [1.807, 2.05) is 24.3 Å². The van der Waals surface area contributed by atoms with Gasteiger partial charge in [-0.05, 0) is 63.4 Å². The van der Waals surface area contributed by atoms with Crippen LogP contribution in [0.2, 0.25) is 0 Å². The molecule has 4 heteroatoms. The van der Waals surface area contributed by atoms with Gasteiger partial charge in [-0.15, -0.1) is 0 Å². The van der Waals surface area contributed by atoms with E-state index in [0.29, 0.717) is 11.3 Å². The Morgan fingerprint density at radius 1 is 1.12 bits per heavy atom. The Morgan fingerprint density at radius 2 is 1.85 bits per heavy atom. The summed E-state index contributed by atoms with van der Waals surface area (Å²) in [4.78, 5) is 13.7. The molecule has 0 aliphatic heterocycles. The Balaban J connectivity index is 1.85. The highest BCUT2D eigenvalue weighted by Crippen LogP contribution is 2.42. The minimum atomic E-state index is -0.177. The first kappa shape index (κ1) is 18.5. The van der Waals surface area contributed by atoms with Crippen LogP contribution in [0.15, 0.2) is 42.5 Å². The van der Waals surface area contributed by atoms with Crippen molar-refractivity contribution >= 4 is 5.91 Å². The van der Waals surface area contributed by atoms with Crippen molar-refractivity contribution in [1.29, 1.82) is 0 Å². The normalized spacial score (nSPS) is 16.3. The highest BCUT2D eigenvalue weighted by molar-refractivity contribution is 5.94. The number of ether oxygens (including phenoxy) is 2. The minimum absolute atomic E-state index is 0.0348. The summed E-state index contributed by atoms with van der Waals surface area (Å²) in [7, 11) is 3.49. The lowest BCUT2D eigenvalue weighted by Gasteiger charge is -2.25. The summed E-state index contributed by atoms with van der Waals surface area (Å²) in [5.41, 5.74) is 2.85. The fourth-order valence-corrected chi connectivity index (χ4v) is 3.31. The third kappa shape index (κ3) is 4.07. The van der Waals surface area contributed by atoms with Gasteiger partial charge in [-0.1, -0.05) is 18.2 Å². The van der Waals surface area contributed by atoms with E-state index < -0.39 is 0 Å². The molecule has 2 aromatic carbocycles. The van der Waals surface area contributed by atoms with Crippen LogP contribution >= 0.6 is 0 Å². The van der Waals surface area contributed by atoms with E-state index in [1.165, 1.54) is 11.1 Å². The molecule has 1 atom stereocenters. The Morgan fingerprint density at radius 3 is 2.54 bits per heavy atom. The van der Waals surface area contributed by atoms with Gasteiger partial charge in [-0.2, -0.15) is 0 Å². The molecule has 0 bridgehead atoms. The number of benzene rings is 2. The molecule has 0 aromatic heterocycles. The highest BCUT2D eigenvalue weighted by Gasteiger charge is 2.29. The second kappa shape index (κ2) is 7.12. The molecule has 3 rings (SSSR count). The topological polar surface area (TPSA) is 38.8 Å². The number of nitrogens with zero attached hydrogens (tertiary/aromatic N) is 1. The zero-order valence-electron chi connectivity index (χ0n) is 16.2. The molecule has 0 N–H and O–H groups in total. The van der Waals surface area contributed by atoms with Gasteiger partial charge in [-0.3, -0.25) is 4.79 Å². The summed E-state index contributed by atoms with van der Waals surface area (Å²) in [6.45, 7) is 6.25. The molecule has 0 heterocycles. The Kier molecular flexibility index (Phi) is 5.05. The Bertz CT molecular complexity index is 805. The lowest BCUT2D eigenvalue weighted by molar-refractivity contribution is -0.0605. The summed E-state index contributed by atoms with van der Waals surface area (Å²) < 4.78 is 12.3. The number of carbonyl (C=O) groups excluding carboxylic acids is 1. The van der Waals surface area contributed by atoms with Gasteiger partial charge < -0.3 is 14.4 Å². The third-order valence-corrected chi connectivity index (χ3v) is 4.38. The molecule has 4 nitrogen and oxygen atoms in total. The Hall–Kier alpha value is -2.33. The van der Waals surface area contributed by atoms with Crippen molar-refractivity contribution in [3.05, 3.63) is 59.2 Å². The number of hydrogen-bond acceptors (Lipinski definition) is 3. The quantitative estimate of drug-likeness (QED) is 0.778. The number of amides is 1. The van der Waals surface area contributed by atoms with E-state index >= 15 is 0 Å². The smallest absolute Gasteiger partial charge is 0.253 e. The lowest BCUT2D eigenvalue weighted by atomic mass is 10.1. The van der Waals surface area contributed by atoms with Crippen LogP contribution in [0, 0.1) is 0 Å². The van der Waals surface area contributed by atoms with Gasteiger partial charge in [0.1, 0.15) is 11.5 Å². The summed E-state index contributed by atoms with van der Waals surface area (Å²) in [5.74, 6) is 1.48. The molecule has 0 unspecified atom stereocenters. The zero-order valence-corrected chi connectivity index (χ0v) is 16.2. The van der Waals surface area contributed by atoms with Crippen molar-refractivity contribution in [3.63, 3.8) is 0 Å². The van der Waals surface area contributed by atoms with Gasteiger partial charge >= 0.3 is 0 Å². The summed E-state index contributed by atoms with van der Waals surface area (Å²) in [6, 6.07) is 13.4. The van der Waals surface area contributed by atoms with E-state index in [2.05, 4.69) is 26.8 Å². The maximum atomic E-state index is 12.2. The van der Waals surface area contributed by atoms with Crippen LogP contribution in [-0.2, 0) is 11.2 Å². The Labute approximate surface area is 155 Å². The molecule has 0 fully saturated rings. The van der Waals surface area contributed by atoms with Gasteiger partial charge in [0.05, 0.1) is 11.7 Å². The van der Waals surface area contributed by atoms with E-state index in [-0.39, 0.29) is 17.6 Å². The van der Waals surface area contributed by atoms with Crippen LogP contribution in [0.4, 0.5) is 0 Å². The molecular weight excluding hydrogens is 326 g/mol. The molecule has 0 radical (unpaired) electrons. The monoisotopic (exact) mass is 353 g/mol. The highest BCUT2D eigenvalue weighted by atomic mass is 16.5. The molecule has 138 valence electrons. The first-order chi connectivity index (χ1) is 12.2. The number of rotatable bonds is 4. The molecule has 1 aliphatic carbocycles. The van der Waals surface area contributed by atoms with Crippen LogP contribution in [0.5, 0.6) is 11.5 Å². The van der Waals surface area contributed by atoms with E-state index in [4.69, 9.17) is 9.47 Å². The second-order valence-corrected chi connectivity index (χ2v) is 7.91. The molecule has 0 spiro atoms. The van der Waals surface area contributed by atoms with Crippen molar-refractivity contribution in [2.75, 3.05) is 14.1 Å². The summed E-state index contributed by atoms with van der Waals surface area (Å²) in [5, 5.41) is 0. The molecule has 26 heavy (non-hydrogen) atoms. The van der Waals surface area contributed by atoms with Crippen molar-refractivity contribution < 1.29 is 14.3 Å². The molecule has 1 aliphatic rings. The SMILES string of the molecule is CN(C)C(=O)c1cccc(Oc2cccc3c2CC[C@H]3OC(C)(C)C)c1. The predicted octanol–water partition coefficient (Wildman–Crippen LogP) is 4.98. The number of hydrogen-bond donors (Lipinski definition) is 0. The fraction of sp³-hybridized carbons (Fsp3) is 0.409. The molecule has 0 saturated carbocycles. The van der Waals surface area contributed by atoms with Crippen molar-refractivity contribution in [3.8, 4) is 11.5 Å². The van der Waals surface area contributed by atoms with Crippen LogP contribution in [-0.4, -0.2) is 30.5 Å². The average Bonchev–Trinajstić information content (AvgIpc) is 2.96. The number of carbonyl (C=O) groups is 1.